The quantitative estimate of drug-likeness (QED) is 0.755. The van der Waals surface area contributed by atoms with E-state index in [0.717, 1.165) is 11.1 Å². The molecule has 1 aromatic rings. The monoisotopic (exact) mass is 209 g/mol. The van der Waals surface area contributed by atoms with Crippen molar-refractivity contribution in [3.8, 4) is 5.75 Å². The molecule has 0 amide bonds. The van der Waals surface area contributed by atoms with Gasteiger partial charge < -0.3 is 10.5 Å². The molecule has 2 nitrogen and oxygen atoms in total. The Morgan fingerprint density at radius 1 is 1.53 bits per heavy atom. The van der Waals surface area contributed by atoms with E-state index in [1.165, 1.54) is 6.07 Å². The van der Waals surface area contributed by atoms with Crippen LogP contribution in [-0.2, 0) is 6.42 Å². The SMILES string of the molecule is C=C(C)COc1ccc(CCN)cc1F. The van der Waals surface area contributed by atoms with Gasteiger partial charge in [-0.05, 0) is 43.2 Å². The molecule has 3 heteroatoms. The minimum atomic E-state index is -0.345. The van der Waals surface area contributed by atoms with E-state index in [1.54, 1.807) is 6.07 Å². The molecule has 1 rings (SSSR count). The summed E-state index contributed by atoms with van der Waals surface area (Å²) in [6.07, 6.45) is 0.678. The highest BCUT2D eigenvalue weighted by Crippen LogP contribution is 2.18. The molecule has 2 N–H and O–H groups in total. The van der Waals surface area contributed by atoms with Crippen LogP contribution in [0, 0.1) is 5.82 Å². The van der Waals surface area contributed by atoms with E-state index >= 15 is 0 Å². The van der Waals surface area contributed by atoms with Gasteiger partial charge in [-0.15, -0.1) is 0 Å². The molecule has 0 aliphatic rings. The van der Waals surface area contributed by atoms with Gasteiger partial charge in [0.25, 0.3) is 0 Å². The average molecular weight is 209 g/mol. The number of halogens is 1. The molecule has 0 atom stereocenters. The first kappa shape index (κ1) is 11.7. The van der Waals surface area contributed by atoms with E-state index in [4.69, 9.17) is 10.5 Å². The molecule has 1 aromatic carbocycles. The summed E-state index contributed by atoms with van der Waals surface area (Å²) in [6, 6.07) is 4.91. The highest BCUT2D eigenvalue weighted by atomic mass is 19.1. The maximum absolute atomic E-state index is 13.4. The molecule has 82 valence electrons. The maximum atomic E-state index is 13.4. The zero-order chi connectivity index (χ0) is 11.3. The lowest BCUT2D eigenvalue weighted by Crippen LogP contribution is -2.04. The summed E-state index contributed by atoms with van der Waals surface area (Å²) in [7, 11) is 0. The molecule has 0 saturated heterocycles. The van der Waals surface area contributed by atoms with Gasteiger partial charge in [-0.1, -0.05) is 12.6 Å². The summed E-state index contributed by atoms with van der Waals surface area (Å²) in [5.74, 6) is -0.0824. The summed E-state index contributed by atoms with van der Waals surface area (Å²) in [6.45, 7) is 6.38. The first-order chi connectivity index (χ1) is 7.13. The van der Waals surface area contributed by atoms with Crippen molar-refractivity contribution < 1.29 is 9.13 Å². The van der Waals surface area contributed by atoms with Gasteiger partial charge in [0.1, 0.15) is 6.61 Å². The first-order valence-electron chi connectivity index (χ1n) is 4.89. The number of nitrogens with two attached hydrogens (primary N) is 1. The number of hydrogen-bond donors (Lipinski definition) is 1. The Kier molecular flexibility index (Phi) is 4.31. The fourth-order valence-electron chi connectivity index (χ4n) is 1.18. The van der Waals surface area contributed by atoms with Gasteiger partial charge in [-0.2, -0.15) is 0 Å². The van der Waals surface area contributed by atoms with Crippen LogP contribution >= 0.6 is 0 Å². The lowest BCUT2D eigenvalue weighted by Gasteiger charge is -2.08. The van der Waals surface area contributed by atoms with E-state index < -0.39 is 0 Å². The number of benzene rings is 1. The van der Waals surface area contributed by atoms with Crippen molar-refractivity contribution in [2.45, 2.75) is 13.3 Å². The zero-order valence-corrected chi connectivity index (χ0v) is 8.92. The van der Waals surface area contributed by atoms with Gasteiger partial charge in [-0.3, -0.25) is 0 Å². The Morgan fingerprint density at radius 2 is 2.27 bits per heavy atom. The van der Waals surface area contributed by atoms with Crippen molar-refractivity contribution in [1.82, 2.24) is 0 Å². The second-order valence-electron chi connectivity index (χ2n) is 3.55. The van der Waals surface area contributed by atoms with Crippen LogP contribution in [0.15, 0.2) is 30.4 Å². The topological polar surface area (TPSA) is 35.2 Å². The molecule has 0 heterocycles. The van der Waals surface area contributed by atoms with Crippen LogP contribution < -0.4 is 10.5 Å². The Bertz CT molecular complexity index is 349. The molecule has 0 unspecified atom stereocenters. The molecule has 0 spiro atoms. The van der Waals surface area contributed by atoms with E-state index in [9.17, 15) is 4.39 Å². The van der Waals surface area contributed by atoms with Crippen molar-refractivity contribution in [2.75, 3.05) is 13.2 Å². The van der Waals surface area contributed by atoms with Crippen molar-refractivity contribution in [1.29, 1.82) is 0 Å². The lowest BCUT2D eigenvalue weighted by atomic mass is 10.1. The Labute approximate surface area is 89.6 Å². The first-order valence-corrected chi connectivity index (χ1v) is 4.89. The standard InChI is InChI=1S/C12H16FNO/c1-9(2)8-15-12-4-3-10(5-6-14)7-11(12)13/h3-4,7H,1,5-6,8,14H2,2H3. The van der Waals surface area contributed by atoms with E-state index in [2.05, 4.69) is 6.58 Å². The van der Waals surface area contributed by atoms with Crippen LogP contribution in [0.2, 0.25) is 0 Å². The van der Waals surface area contributed by atoms with Gasteiger partial charge >= 0.3 is 0 Å². The molecule has 0 bridgehead atoms. The molecular weight excluding hydrogens is 193 g/mol. The molecule has 0 aromatic heterocycles. The second kappa shape index (κ2) is 5.51. The zero-order valence-electron chi connectivity index (χ0n) is 8.92. The fraction of sp³-hybridized carbons (Fsp3) is 0.333. The predicted molar refractivity (Wildman–Crippen MR) is 59.5 cm³/mol. The molecular formula is C12H16FNO. The molecule has 0 saturated carbocycles. The van der Waals surface area contributed by atoms with Crippen LogP contribution in [-0.4, -0.2) is 13.2 Å². The highest BCUT2D eigenvalue weighted by molar-refractivity contribution is 5.29. The van der Waals surface area contributed by atoms with Gasteiger partial charge in [-0.25, -0.2) is 4.39 Å². The third kappa shape index (κ3) is 3.72. The Morgan fingerprint density at radius 3 is 2.80 bits per heavy atom. The van der Waals surface area contributed by atoms with Gasteiger partial charge in [0.15, 0.2) is 11.6 Å². The molecule has 0 radical (unpaired) electrons. The summed E-state index contributed by atoms with van der Waals surface area (Å²) in [4.78, 5) is 0. The lowest BCUT2D eigenvalue weighted by molar-refractivity contribution is 0.332. The van der Waals surface area contributed by atoms with Crippen molar-refractivity contribution >= 4 is 0 Å². The summed E-state index contributed by atoms with van der Waals surface area (Å²) in [5.41, 5.74) is 7.13. The minimum absolute atomic E-state index is 0.263. The molecule has 0 aliphatic heterocycles. The second-order valence-corrected chi connectivity index (χ2v) is 3.55. The van der Waals surface area contributed by atoms with Crippen molar-refractivity contribution in [3.05, 3.63) is 41.7 Å². The predicted octanol–water partition coefficient (Wildman–Crippen LogP) is 2.28. The minimum Gasteiger partial charge on any atom is -0.486 e. The summed E-state index contributed by atoms with van der Waals surface area (Å²) >= 11 is 0. The average Bonchev–Trinajstić information content (AvgIpc) is 2.17. The van der Waals surface area contributed by atoms with Crippen LogP contribution in [0.25, 0.3) is 0 Å². The molecule has 0 fully saturated rings. The van der Waals surface area contributed by atoms with Gasteiger partial charge in [0, 0.05) is 0 Å². The summed E-state index contributed by atoms with van der Waals surface area (Å²) < 4.78 is 18.7. The third-order valence-corrected chi connectivity index (χ3v) is 1.90. The normalized spacial score (nSPS) is 10.1. The largest absolute Gasteiger partial charge is 0.486 e. The maximum Gasteiger partial charge on any atom is 0.165 e. The van der Waals surface area contributed by atoms with Gasteiger partial charge in [0.2, 0.25) is 0 Å². The Balaban J connectivity index is 2.70. The van der Waals surface area contributed by atoms with Crippen LogP contribution in [0.1, 0.15) is 12.5 Å². The number of rotatable bonds is 5. The third-order valence-electron chi connectivity index (χ3n) is 1.90. The van der Waals surface area contributed by atoms with Crippen LogP contribution in [0.3, 0.4) is 0 Å². The van der Waals surface area contributed by atoms with Gasteiger partial charge in [0.05, 0.1) is 0 Å². The molecule has 15 heavy (non-hydrogen) atoms. The van der Waals surface area contributed by atoms with Crippen molar-refractivity contribution in [2.24, 2.45) is 5.73 Å². The number of ether oxygens (including phenoxy) is 1. The van der Waals surface area contributed by atoms with E-state index in [0.29, 0.717) is 19.6 Å². The number of hydrogen-bond acceptors (Lipinski definition) is 2. The molecule has 0 aliphatic carbocycles. The smallest absolute Gasteiger partial charge is 0.165 e. The van der Waals surface area contributed by atoms with Crippen LogP contribution in [0.4, 0.5) is 4.39 Å². The fourth-order valence-corrected chi connectivity index (χ4v) is 1.18. The van der Waals surface area contributed by atoms with E-state index in [1.807, 2.05) is 13.0 Å². The highest BCUT2D eigenvalue weighted by Gasteiger charge is 2.04. The van der Waals surface area contributed by atoms with E-state index in [-0.39, 0.29) is 11.6 Å². The van der Waals surface area contributed by atoms with Crippen LogP contribution in [0.5, 0.6) is 5.75 Å². The Hall–Kier alpha value is -1.35. The summed E-state index contributed by atoms with van der Waals surface area (Å²) in [5, 5.41) is 0. The van der Waals surface area contributed by atoms with Crippen molar-refractivity contribution in [3.63, 3.8) is 0 Å².